The summed E-state index contributed by atoms with van der Waals surface area (Å²) in [6.45, 7) is 8.17. The highest BCUT2D eigenvalue weighted by Crippen LogP contribution is 2.31. The van der Waals surface area contributed by atoms with Crippen LogP contribution in [0.4, 0.5) is 0 Å². The van der Waals surface area contributed by atoms with Crippen LogP contribution in [-0.2, 0) is 9.47 Å². The molecule has 2 saturated carbocycles. The summed E-state index contributed by atoms with van der Waals surface area (Å²) in [5, 5.41) is 3.50. The first-order valence-corrected chi connectivity index (χ1v) is 14.7. The minimum atomic E-state index is -0.630. The summed E-state index contributed by atoms with van der Waals surface area (Å²) >= 11 is 0. The second kappa shape index (κ2) is 14.9. The maximum Gasteiger partial charge on any atom is 0.338 e. The van der Waals surface area contributed by atoms with Crippen LogP contribution in [0.25, 0.3) is 10.8 Å². The number of hydrogen-bond acceptors (Lipinski definition) is 7. The molecule has 2 aromatic rings. The lowest BCUT2D eigenvalue weighted by Gasteiger charge is -2.27. The number of fused-ring (bicyclic) bond motifs is 1. The van der Waals surface area contributed by atoms with Crippen LogP contribution in [0.2, 0.25) is 0 Å². The van der Waals surface area contributed by atoms with Crippen molar-refractivity contribution >= 4 is 34.9 Å². The van der Waals surface area contributed by atoms with Gasteiger partial charge in [-0.25, -0.2) is 9.59 Å². The zero-order valence-corrected chi connectivity index (χ0v) is 24.3. The van der Waals surface area contributed by atoms with E-state index in [1.165, 1.54) is 49.9 Å². The van der Waals surface area contributed by atoms with Gasteiger partial charge in [0.05, 0.1) is 24.3 Å². The Morgan fingerprint density at radius 1 is 0.775 bits per heavy atom. The van der Waals surface area contributed by atoms with Crippen LogP contribution in [0.3, 0.4) is 0 Å². The third kappa shape index (κ3) is 7.90. The van der Waals surface area contributed by atoms with Crippen molar-refractivity contribution in [3.8, 4) is 0 Å². The molecule has 8 heteroatoms. The Bertz CT molecular complexity index is 1180. The van der Waals surface area contributed by atoms with Gasteiger partial charge in [0.2, 0.25) is 0 Å². The predicted octanol–water partition coefficient (Wildman–Crippen LogP) is 5.84. The molecule has 0 aliphatic heterocycles. The molecule has 0 bridgehead atoms. The van der Waals surface area contributed by atoms with Gasteiger partial charge in [0.15, 0.2) is 6.29 Å². The SMILES string of the molecule is CC1CCC(N)CC1.CCOC(=O)c1ccc(C(=O)NC2CCC(C)CC2)c2c(C(=O)OCC)ccc(C=O)c12. The quantitative estimate of drug-likeness (QED) is 0.327. The summed E-state index contributed by atoms with van der Waals surface area (Å²) in [6.07, 6.45) is 9.65. The third-order valence-electron chi connectivity index (χ3n) is 7.97. The summed E-state index contributed by atoms with van der Waals surface area (Å²) in [7, 11) is 0. The Balaban J connectivity index is 0.000000472. The molecule has 8 nitrogen and oxygen atoms in total. The second-order valence-corrected chi connectivity index (χ2v) is 11.1. The number of ether oxygens (including phenoxy) is 2. The summed E-state index contributed by atoms with van der Waals surface area (Å²) in [5.74, 6) is -0.0295. The van der Waals surface area contributed by atoms with E-state index in [4.69, 9.17) is 15.2 Å². The van der Waals surface area contributed by atoms with Gasteiger partial charge < -0.3 is 20.5 Å². The standard InChI is InChI=1S/C25H29NO6.C7H15N/c1-4-31-24(29)19-13-12-18(23(28)26-17-9-6-15(3)7-10-17)22-20(25(30)32-5-2)11-8-16(14-27)21(19)22;1-6-2-4-7(8)5-3-6/h8,11-15,17H,4-7,9-10H2,1-3H3,(H,26,28);6-7H,2-5,8H2,1H3. The predicted molar refractivity (Wildman–Crippen MR) is 156 cm³/mol. The molecule has 0 saturated heterocycles. The number of nitrogens with two attached hydrogens (primary N) is 1. The van der Waals surface area contributed by atoms with Crippen molar-refractivity contribution in [3.63, 3.8) is 0 Å². The average Bonchev–Trinajstić information content (AvgIpc) is 2.95. The van der Waals surface area contributed by atoms with Crippen LogP contribution >= 0.6 is 0 Å². The van der Waals surface area contributed by atoms with E-state index in [1.807, 2.05) is 0 Å². The van der Waals surface area contributed by atoms with Gasteiger partial charge in [-0.1, -0.05) is 19.9 Å². The van der Waals surface area contributed by atoms with Crippen molar-refractivity contribution in [2.75, 3.05) is 13.2 Å². The number of esters is 2. The largest absolute Gasteiger partial charge is 0.462 e. The van der Waals surface area contributed by atoms with E-state index in [0.717, 1.165) is 31.6 Å². The fourth-order valence-electron chi connectivity index (χ4n) is 5.52. The van der Waals surface area contributed by atoms with Crippen molar-refractivity contribution in [2.24, 2.45) is 17.6 Å². The van der Waals surface area contributed by atoms with Crippen LogP contribution in [0, 0.1) is 11.8 Å². The maximum absolute atomic E-state index is 13.3. The molecule has 2 aliphatic carbocycles. The van der Waals surface area contributed by atoms with Crippen LogP contribution in [-0.4, -0.2) is 49.4 Å². The number of carbonyl (C=O) groups excluding carboxylic acids is 4. The van der Waals surface area contributed by atoms with Gasteiger partial charge in [-0.15, -0.1) is 0 Å². The Kier molecular flexibility index (Phi) is 11.7. The molecule has 0 aromatic heterocycles. The first kappa shape index (κ1) is 31.3. The van der Waals surface area contributed by atoms with Crippen molar-refractivity contribution < 1.29 is 28.7 Å². The molecule has 0 spiro atoms. The average molecular weight is 553 g/mol. The number of hydrogen-bond donors (Lipinski definition) is 2. The lowest BCUT2D eigenvalue weighted by Crippen LogP contribution is -2.37. The summed E-state index contributed by atoms with van der Waals surface area (Å²) < 4.78 is 10.3. The summed E-state index contributed by atoms with van der Waals surface area (Å²) in [4.78, 5) is 50.4. The van der Waals surface area contributed by atoms with Crippen molar-refractivity contribution in [1.29, 1.82) is 0 Å². The Hall–Kier alpha value is -3.26. The van der Waals surface area contributed by atoms with E-state index in [-0.39, 0.29) is 58.2 Å². The smallest absolute Gasteiger partial charge is 0.338 e. The fraction of sp³-hybridized carbons (Fsp3) is 0.562. The van der Waals surface area contributed by atoms with Gasteiger partial charge in [0.1, 0.15) is 0 Å². The van der Waals surface area contributed by atoms with E-state index in [0.29, 0.717) is 18.2 Å². The molecule has 4 rings (SSSR count). The van der Waals surface area contributed by atoms with Crippen LogP contribution < -0.4 is 11.1 Å². The molecule has 0 unspecified atom stereocenters. The molecule has 1 amide bonds. The molecule has 0 atom stereocenters. The van der Waals surface area contributed by atoms with Gasteiger partial charge in [-0.2, -0.15) is 0 Å². The lowest BCUT2D eigenvalue weighted by molar-refractivity contribution is 0.0517. The van der Waals surface area contributed by atoms with Gasteiger partial charge in [-0.3, -0.25) is 9.59 Å². The topological polar surface area (TPSA) is 125 Å². The Morgan fingerprint density at radius 2 is 1.25 bits per heavy atom. The van der Waals surface area contributed by atoms with Gasteiger partial charge in [0, 0.05) is 34.0 Å². The molecular weight excluding hydrogens is 508 g/mol. The summed E-state index contributed by atoms with van der Waals surface area (Å²) in [5.41, 5.74) is 6.36. The summed E-state index contributed by atoms with van der Waals surface area (Å²) in [6, 6.07) is 6.45. The van der Waals surface area contributed by atoms with Crippen molar-refractivity contribution in [2.45, 2.75) is 91.1 Å². The number of nitrogens with one attached hydrogen (secondary N) is 1. The zero-order valence-electron chi connectivity index (χ0n) is 24.3. The number of benzene rings is 2. The highest BCUT2D eigenvalue weighted by molar-refractivity contribution is 6.21. The Morgan fingerprint density at radius 3 is 1.75 bits per heavy atom. The molecule has 2 aromatic carbocycles. The van der Waals surface area contributed by atoms with Crippen LogP contribution in [0.15, 0.2) is 24.3 Å². The molecule has 40 heavy (non-hydrogen) atoms. The number of rotatable bonds is 7. The van der Waals surface area contributed by atoms with Gasteiger partial charge >= 0.3 is 11.9 Å². The molecule has 0 radical (unpaired) electrons. The van der Waals surface area contributed by atoms with E-state index >= 15 is 0 Å². The normalized spacial score (nSPS) is 22.4. The molecule has 218 valence electrons. The number of amides is 1. The molecule has 2 fully saturated rings. The monoisotopic (exact) mass is 552 g/mol. The molecule has 0 heterocycles. The third-order valence-corrected chi connectivity index (χ3v) is 7.97. The van der Waals surface area contributed by atoms with Gasteiger partial charge in [0.25, 0.3) is 5.91 Å². The number of carbonyl (C=O) groups is 4. The zero-order chi connectivity index (χ0) is 29.2. The van der Waals surface area contributed by atoms with Crippen LogP contribution in [0.1, 0.15) is 120 Å². The van der Waals surface area contributed by atoms with Crippen molar-refractivity contribution in [3.05, 3.63) is 46.5 Å². The molecular formula is C32H44N2O6. The second-order valence-electron chi connectivity index (χ2n) is 11.1. The first-order valence-electron chi connectivity index (χ1n) is 14.7. The van der Waals surface area contributed by atoms with E-state index in [1.54, 1.807) is 13.8 Å². The van der Waals surface area contributed by atoms with E-state index in [2.05, 4.69) is 19.2 Å². The minimum absolute atomic E-state index is 0.0405. The Labute approximate surface area is 237 Å². The van der Waals surface area contributed by atoms with E-state index < -0.39 is 11.9 Å². The van der Waals surface area contributed by atoms with E-state index in [9.17, 15) is 19.2 Å². The van der Waals surface area contributed by atoms with Crippen molar-refractivity contribution in [1.82, 2.24) is 5.32 Å². The van der Waals surface area contributed by atoms with Crippen LogP contribution in [0.5, 0.6) is 0 Å². The molecule has 3 N–H and O–H groups in total. The number of aldehydes is 1. The fourth-order valence-corrected chi connectivity index (χ4v) is 5.52. The van der Waals surface area contributed by atoms with Gasteiger partial charge in [-0.05, 0) is 95.2 Å². The highest BCUT2D eigenvalue weighted by atomic mass is 16.5. The highest BCUT2D eigenvalue weighted by Gasteiger charge is 2.26. The minimum Gasteiger partial charge on any atom is -0.462 e. The lowest BCUT2D eigenvalue weighted by atomic mass is 9.87. The maximum atomic E-state index is 13.3. The molecule has 2 aliphatic rings. The first-order chi connectivity index (χ1) is 19.2.